The van der Waals surface area contributed by atoms with Gasteiger partial charge in [-0.2, -0.15) is 4.72 Å². The van der Waals surface area contributed by atoms with Gasteiger partial charge in [-0.25, -0.2) is 12.8 Å². The van der Waals surface area contributed by atoms with Crippen LogP contribution in [0.2, 0.25) is 0 Å². The summed E-state index contributed by atoms with van der Waals surface area (Å²) in [6.45, 7) is 4.38. The molecule has 0 aromatic heterocycles. The van der Waals surface area contributed by atoms with Gasteiger partial charge in [-0.05, 0) is 61.7 Å². The van der Waals surface area contributed by atoms with Crippen molar-refractivity contribution < 1.29 is 17.6 Å². The molecule has 1 saturated heterocycles. The summed E-state index contributed by atoms with van der Waals surface area (Å²) in [4.78, 5) is 14.0. The summed E-state index contributed by atoms with van der Waals surface area (Å²) in [5.41, 5.74) is 2.94. The molecule has 1 unspecified atom stereocenters. The fourth-order valence-electron chi connectivity index (χ4n) is 2.83. The molecule has 132 valence electrons. The van der Waals surface area contributed by atoms with E-state index < -0.39 is 21.9 Å². The normalized spacial score (nSPS) is 18.0. The van der Waals surface area contributed by atoms with Crippen molar-refractivity contribution >= 4 is 21.6 Å². The van der Waals surface area contributed by atoms with Crippen molar-refractivity contribution in [3.05, 3.63) is 59.4 Å². The quantitative estimate of drug-likeness (QED) is 0.909. The number of amides is 1. The lowest BCUT2D eigenvalue weighted by Crippen LogP contribution is -2.41. The number of hydrogen-bond acceptors (Lipinski definition) is 3. The Morgan fingerprint density at radius 2 is 1.88 bits per heavy atom. The van der Waals surface area contributed by atoms with Crippen LogP contribution in [0.25, 0.3) is 0 Å². The zero-order valence-corrected chi connectivity index (χ0v) is 14.8. The highest BCUT2D eigenvalue weighted by molar-refractivity contribution is 7.89. The number of nitrogens with zero attached hydrogens (tertiary/aromatic N) is 1. The Labute approximate surface area is 146 Å². The minimum Gasteiger partial charge on any atom is -0.311 e. The van der Waals surface area contributed by atoms with Crippen LogP contribution < -0.4 is 9.62 Å². The van der Waals surface area contributed by atoms with Crippen LogP contribution in [0.5, 0.6) is 0 Å². The maximum absolute atomic E-state index is 13.3. The van der Waals surface area contributed by atoms with Crippen molar-refractivity contribution in [1.29, 1.82) is 0 Å². The van der Waals surface area contributed by atoms with Crippen LogP contribution in [0.3, 0.4) is 0 Å². The molecule has 1 fully saturated rings. The third kappa shape index (κ3) is 3.57. The molecular formula is C18H19FN2O3S. The second kappa shape index (κ2) is 6.57. The van der Waals surface area contributed by atoms with E-state index in [9.17, 15) is 17.6 Å². The van der Waals surface area contributed by atoms with Crippen LogP contribution in [0.4, 0.5) is 10.1 Å². The van der Waals surface area contributed by atoms with Crippen molar-refractivity contribution in [2.75, 3.05) is 11.4 Å². The molecule has 0 aliphatic carbocycles. The lowest BCUT2D eigenvalue weighted by atomic mass is 10.1. The van der Waals surface area contributed by atoms with Gasteiger partial charge in [0.1, 0.15) is 11.9 Å². The van der Waals surface area contributed by atoms with E-state index in [1.165, 1.54) is 18.2 Å². The first-order chi connectivity index (χ1) is 11.8. The molecule has 5 nitrogen and oxygen atoms in total. The molecule has 1 aliphatic heterocycles. The van der Waals surface area contributed by atoms with Gasteiger partial charge in [0.05, 0.1) is 4.90 Å². The van der Waals surface area contributed by atoms with E-state index in [0.29, 0.717) is 13.0 Å². The minimum atomic E-state index is -3.96. The Kier molecular flexibility index (Phi) is 4.62. The number of benzene rings is 2. The highest BCUT2D eigenvalue weighted by Gasteiger charge is 2.35. The smallest absolute Gasteiger partial charge is 0.245 e. The van der Waals surface area contributed by atoms with E-state index >= 15 is 0 Å². The van der Waals surface area contributed by atoms with Crippen LogP contribution in [0, 0.1) is 19.7 Å². The molecule has 2 aromatic carbocycles. The zero-order chi connectivity index (χ0) is 18.2. The van der Waals surface area contributed by atoms with E-state index in [2.05, 4.69) is 4.72 Å². The van der Waals surface area contributed by atoms with Crippen LogP contribution in [0.1, 0.15) is 17.5 Å². The van der Waals surface area contributed by atoms with Crippen LogP contribution in [0.15, 0.2) is 47.4 Å². The number of carbonyl (C=O) groups is 1. The summed E-state index contributed by atoms with van der Waals surface area (Å²) in [5.74, 6) is -0.944. The SMILES string of the molecule is Cc1ccc(N2CCC(NS(=O)(=O)c3cccc(F)c3)C2=O)cc1C. The number of sulfonamides is 1. The van der Waals surface area contributed by atoms with Gasteiger partial charge in [0.15, 0.2) is 0 Å². The summed E-state index contributed by atoms with van der Waals surface area (Å²) in [6, 6.07) is 9.57. The van der Waals surface area contributed by atoms with E-state index in [-0.39, 0.29) is 10.8 Å². The molecule has 0 radical (unpaired) electrons. The third-order valence-electron chi connectivity index (χ3n) is 4.41. The standard InChI is InChI=1S/C18H19FN2O3S/c1-12-6-7-15(10-13(12)2)21-9-8-17(18(21)22)20-25(23,24)16-5-3-4-14(19)11-16/h3-7,10-11,17,20H,8-9H2,1-2H3. The lowest BCUT2D eigenvalue weighted by Gasteiger charge is -2.18. The fourth-order valence-corrected chi connectivity index (χ4v) is 4.08. The summed E-state index contributed by atoms with van der Waals surface area (Å²) in [6.07, 6.45) is 0.361. The zero-order valence-electron chi connectivity index (χ0n) is 14.0. The molecule has 1 N–H and O–H groups in total. The van der Waals surface area contributed by atoms with Gasteiger partial charge in [0.2, 0.25) is 15.9 Å². The molecule has 0 spiro atoms. The molecule has 1 heterocycles. The maximum Gasteiger partial charge on any atom is 0.245 e. The van der Waals surface area contributed by atoms with Crippen molar-refractivity contribution in [2.24, 2.45) is 0 Å². The summed E-state index contributed by atoms with van der Waals surface area (Å²) >= 11 is 0. The Balaban J connectivity index is 1.79. The lowest BCUT2D eigenvalue weighted by molar-refractivity contribution is -0.118. The highest BCUT2D eigenvalue weighted by atomic mass is 32.2. The van der Waals surface area contributed by atoms with E-state index in [1.807, 2.05) is 32.0 Å². The van der Waals surface area contributed by atoms with Gasteiger partial charge in [-0.1, -0.05) is 12.1 Å². The van der Waals surface area contributed by atoms with Gasteiger partial charge in [-0.15, -0.1) is 0 Å². The minimum absolute atomic E-state index is 0.190. The average Bonchev–Trinajstić information content (AvgIpc) is 2.90. The van der Waals surface area contributed by atoms with E-state index in [1.54, 1.807) is 4.90 Å². The number of hydrogen-bond donors (Lipinski definition) is 1. The number of halogens is 1. The first kappa shape index (κ1) is 17.6. The van der Waals surface area contributed by atoms with Gasteiger partial charge in [0, 0.05) is 12.2 Å². The molecule has 25 heavy (non-hydrogen) atoms. The number of nitrogens with one attached hydrogen (secondary N) is 1. The Bertz CT molecular complexity index is 928. The molecule has 0 saturated carbocycles. The number of aryl methyl sites for hydroxylation is 2. The third-order valence-corrected chi connectivity index (χ3v) is 5.88. The Morgan fingerprint density at radius 1 is 1.12 bits per heavy atom. The van der Waals surface area contributed by atoms with Crippen molar-refractivity contribution in [3.63, 3.8) is 0 Å². The van der Waals surface area contributed by atoms with Gasteiger partial charge in [-0.3, -0.25) is 4.79 Å². The molecule has 1 aliphatic rings. The van der Waals surface area contributed by atoms with Crippen molar-refractivity contribution in [1.82, 2.24) is 4.72 Å². The first-order valence-corrected chi connectivity index (χ1v) is 9.43. The van der Waals surface area contributed by atoms with Gasteiger partial charge in [0.25, 0.3) is 0 Å². The van der Waals surface area contributed by atoms with Gasteiger partial charge < -0.3 is 4.90 Å². The monoisotopic (exact) mass is 362 g/mol. The predicted molar refractivity (Wildman–Crippen MR) is 93.4 cm³/mol. The van der Waals surface area contributed by atoms with Crippen LogP contribution >= 0.6 is 0 Å². The van der Waals surface area contributed by atoms with Crippen LogP contribution in [-0.2, 0) is 14.8 Å². The Morgan fingerprint density at radius 3 is 2.56 bits per heavy atom. The molecule has 2 aromatic rings. The molecule has 7 heteroatoms. The van der Waals surface area contributed by atoms with Crippen LogP contribution in [-0.4, -0.2) is 26.9 Å². The van der Waals surface area contributed by atoms with E-state index in [0.717, 1.165) is 22.9 Å². The highest BCUT2D eigenvalue weighted by Crippen LogP contribution is 2.25. The molecule has 1 amide bonds. The molecule has 3 rings (SSSR count). The maximum atomic E-state index is 13.3. The second-order valence-corrected chi connectivity index (χ2v) is 7.89. The summed E-state index contributed by atoms with van der Waals surface area (Å²) in [5, 5.41) is 0. The summed E-state index contributed by atoms with van der Waals surface area (Å²) < 4.78 is 40.4. The number of rotatable bonds is 4. The Hall–Kier alpha value is -2.25. The molecule has 0 bridgehead atoms. The molecule has 1 atom stereocenters. The largest absolute Gasteiger partial charge is 0.311 e. The van der Waals surface area contributed by atoms with Gasteiger partial charge >= 0.3 is 0 Å². The molecular weight excluding hydrogens is 343 g/mol. The van der Waals surface area contributed by atoms with Crippen molar-refractivity contribution in [2.45, 2.75) is 31.2 Å². The topological polar surface area (TPSA) is 66.5 Å². The fraction of sp³-hybridized carbons (Fsp3) is 0.278. The average molecular weight is 362 g/mol. The number of carbonyl (C=O) groups excluding carboxylic acids is 1. The van der Waals surface area contributed by atoms with Crippen molar-refractivity contribution in [3.8, 4) is 0 Å². The predicted octanol–water partition coefficient (Wildman–Crippen LogP) is 2.53. The second-order valence-electron chi connectivity index (χ2n) is 6.18. The first-order valence-electron chi connectivity index (χ1n) is 7.94. The summed E-state index contributed by atoms with van der Waals surface area (Å²) in [7, 11) is -3.96. The number of anilines is 1. The van der Waals surface area contributed by atoms with E-state index in [4.69, 9.17) is 0 Å².